The topological polar surface area (TPSA) is 118 Å². The number of hydrogen-bond acceptors (Lipinski definition) is 6. The van der Waals surface area contributed by atoms with Gasteiger partial charge in [-0.3, -0.25) is 4.79 Å². The predicted octanol–water partition coefficient (Wildman–Crippen LogP) is 2.58. The molecule has 4 rings (SSSR count). The fraction of sp³-hybridized carbons (Fsp3) is 0.304. The van der Waals surface area contributed by atoms with Crippen molar-refractivity contribution in [1.82, 2.24) is 10.6 Å². The lowest BCUT2D eigenvalue weighted by Gasteiger charge is -2.31. The number of carbonyl (C=O) groups excluding carboxylic acids is 2. The lowest BCUT2D eigenvalue weighted by Crippen LogP contribution is -2.50. The quantitative estimate of drug-likeness (QED) is 0.459. The first kappa shape index (κ1) is 22.9. The number of rotatable bonds is 7. The number of nitrogens with one attached hydrogen (secondary N) is 3. The molecule has 2 aliphatic rings. The molecule has 2 aromatic carbocycles. The molecule has 2 aromatic rings. The average molecular weight is 474 g/mol. The normalized spacial score (nSPS) is 20.8. The van der Waals surface area contributed by atoms with E-state index in [9.17, 15) is 14.7 Å². The number of fused-ring (bicyclic) bond motifs is 1. The molecule has 0 bridgehead atoms. The Kier molecular flexibility index (Phi) is 7.33. The molecule has 0 aliphatic carbocycles. The van der Waals surface area contributed by atoms with Crippen LogP contribution in [0.25, 0.3) is 0 Å². The monoisotopic (exact) mass is 473 g/mol. The van der Waals surface area contributed by atoms with Crippen LogP contribution >= 0.6 is 11.6 Å². The van der Waals surface area contributed by atoms with Gasteiger partial charge in [-0.1, -0.05) is 35.9 Å². The largest absolute Gasteiger partial charge is 0.454 e. The van der Waals surface area contributed by atoms with Gasteiger partial charge in [-0.25, -0.2) is 4.79 Å². The maximum Gasteiger partial charge on any atom is 0.319 e. The zero-order chi connectivity index (χ0) is 23.2. The first-order valence-electron chi connectivity index (χ1n) is 10.4. The molecule has 0 spiro atoms. The summed E-state index contributed by atoms with van der Waals surface area (Å²) in [5, 5.41) is 18.7. The van der Waals surface area contributed by atoms with Gasteiger partial charge in [-0.05, 0) is 29.8 Å². The zero-order valence-corrected chi connectivity index (χ0v) is 18.4. The molecule has 0 fully saturated rings. The molecular formula is C23H24ClN3O6. The SMILES string of the molecule is O=C(C[C@H]1C=C[C@H](NC(=O)Nc2ccc3c(c2)OCO3)[C@H](CO)O1)NCc1ccc(Cl)cc1. The highest BCUT2D eigenvalue weighted by molar-refractivity contribution is 6.30. The van der Waals surface area contributed by atoms with Crippen LogP contribution in [0.3, 0.4) is 0 Å². The van der Waals surface area contributed by atoms with E-state index in [1.807, 2.05) is 12.1 Å². The first-order chi connectivity index (χ1) is 16.0. The van der Waals surface area contributed by atoms with E-state index in [1.54, 1.807) is 42.5 Å². The van der Waals surface area contributed by atoms with Crippen LogP contribution < -0.4 is 25.4 Å². The Hall–Kier alpha value is -3.27. The van der Waals surface area contributed by atoms with E-state index in [1.165, 1.54) is 0 Å². The van der Waals surface area contributed by atoms with Gasteiger partial charge in [0.2, 0.25) is 12.7 Å². The Labute approximate surface area is 195 Å². The zero-order valence-electron chi connectivity index (χ0n) is 17.6. The van der Waals surface area contributed by atoms with E-state index in [-0.39, 0.29) is 25.7 Å². The highest BCUT2D eigenvalue weighted by Crippen LogP contribution is 2.34. The number of amides is 3. The van der Waals surface area contributed by atoms with Gasteiger partial charge in [0.05, 0.1) is 25.2 Å². The van der Waals surface area contributed by atoms with Gasteiger partial charge in [0.1, 0.15) is 6.10 Å². The molecule has 10 heteroatoms. The minimum absolute atomic E-state index is 0.0940. The predicted molar refractivity (Wildman–Crippen MR) is 121 cm³/mol. The van der Waals surface area contributed by atoms with Gasteiger partial charge in [-0.15, -0.1) is 0 Å². The summed E-state index contributed by atoms with van der Waals surface area (Å²) in [5.41, 5.74) is 1.46. The van der Waals surface area contributed by atoms with Crippen LogP contribution in [0.15, 0.2) is 54.6 Å². The second kappa shape index (κ2) is 10.6. The Morgan fingerprint density at radius 2 is 1.85 bits per heavy atom. The van der Waals surface area contributed by atoms with Gasteiger partial charge in [0.25, 0.3) is 0 Å². The van der Waals surface area contributed by atoms with E-state index in [0.717, 1.165) is 5.56 Å². The molecule has 0 saturated carbocycles. The number of anilines is 1. The minimum atomic E-state index is -0.688. The van der Waals surface area contributed by atoms with Crippen molar-refractivity contribution in [2.45, 2.75) is 31.2 Å². The van der Waals surface area contributed by atoms with E-state index in [0.29, 0.717) is 28.8 Å². The Morgan fingerprint density at radius 3 is 2.64 bits per heavy atom. The maximum absolute atomic E-state index is 12.4. The molecule has 0 aromatic heterocycles. The summed E-state index contributed by atoms with van der Waals surface area (Å²) in [4.78, 5) is 24.7. The Balaban J connectivity index is 1.26. The van der Waals surface area contributed by atoms with Gasteiger partial charge in [0.15, 0.2) is 11.5 Å². The number of carbonyl (C=O) groups is 2. The van der Waals surface area contributed by atoms with Crippen molar-refractivity contribution in [3.8, 4) is 11.5 Å². The van der Waals surface area contributed by atoms with Crippen molar-refractivity contribution in [2.75, 3.05) is 18.7 Å². The molecule has 174 valence electrons. The summed E-state index contributed by atoms with van der Waals surface area (Å²) >= 11 is 5.86. The fourth-order valence-electron chi connectivity index (χ4n) is 3.49. The number of ether oxygens (including phenoxy) is 3. The average Bonchev–Trinajstić information content (AvgIpc) is 3.27. The van der Waals surface area contributed by atoms with Crippen molar-refractivity contribution in [2.24, 2.45) is 0 Å². The summed E-state index contributed by atoms with van der Waals surface area (Å²) in [6.45, 7) is 0.204. The van der Waals surface area contributed by atoms with Crippen LogP contribution in [-0.2, 0) is 16.1 Å². The summed E-state index contributed by atoms with van der Waals surface area (Å²) in [6, 6.07) is 11.2. The summed E-state index contributed by atoms with van der Waals surface area (Å²) < 4.78 is 16.4. The second-order valence-electron chi connectivity index (χ2n) is 7.58. The summed E-state index contributed by atoms with van der Waals surface area (Å²) in [6.07, 6.45) is 2.32. The van der Waals surface area contributed by atoms with E-state index in [4.69, 9.17) is 25.8 Å². The van der Waals surface area contributed by atoms with Crippen molar-refractivity contribution >= 4 is 29.2 Å². The molecule has 0 unspecified atom stereocenters. The molecule has 3 atom stereocenters. The van der Waals surface area contributed by atoms with Crippen LogP contribution in [-0.4, -0.2) is 48.7 Å². The van der Waals surface area contributed by atoms with Gasteiger partial charge < -0.3 is 35.3 Å². The maximum atomic E-state index is 12.4. The van der Waals surface area contributed by atoms with Crippen molar-refractivity contribution in [3.63, 3.8) is 0 Å². The Bertz CT molecular complexity index is 1030. The van der Waals surface area contributed by atoms with Crippen LogP contribution in [0.2, 0.25) is 5.02 Å². The van der Waals surface area contributed by atoms with Crippen LogP contribution in [0.5, 0.6) is 11.5 Å². The van der Waals surface area contributed by atoms with Gasteiger partial charge in [-0.2, -0.15) is 0 Å². The molecule has 33 heavy (non-hydrogen) atoms. The van der Waals surface area contributed by atoms with Crippen molar-refractivity contribution in [3.05, 3.63) is 65.2 Å². The summed E-state index contributed by atoms with van der Waals surface area (Å²) in [7, 11) is 0. The third-order valence-corrected chi connectivity index (χ3v) is 5.43. The Morgan fingerprint density at radius 1 is 1.06 bits per heavy atom. The number of aliphatic hydroxyl groups excluding tert-OH is 1. The number of halogens is 1. The molecule has 4 N–H and O–H groups in total. The molecule has 9 nitrogen and oxygen atoms in total. The molecule has 3 amide bonds. The minimum Gasteiger partial charge on any atom is -0.454 e. The van der Waals surface area contributed by atoms with Crippen molar-refractivity contribution in [1.29, 1.82) is 0 Å². The molecule has 2 heterocycles. The molecule has 2 aliphatic heterocycles. The third-order valence-electron chi connectivity index (χ3n) is 5.18. The highest BCUT2D eigenvalue weighted by Gasteiger charge is 2.29. The smallest absolute Gasteiger partial charge is 0.319 e. The second-order valence-corrected chi connectivity index (χ2v) is 8.02. The van der Waals surface area contributed by atoms with E-state index in [2.05, 4.69) is 16.0 Å². The van der Waals surface area contributed by atoms with Crippen LogP contribution in [0, 0.1) is 0 Å². The molecule has 0 radical (unpaired) electrons. The highest BCUT2D eigenvalue weighted by atomic mass is 35.5. The summed E-state index contributed by atoms with van der Waals surface area (Å²) in [5.74, 6) is 0.982. The number of hydrogen-bond donors (Lipinski definition) is 4. The fourth-order valence-corrected chi connectivity index (χ4v) is 3.61. The van der Waals surface area contributed by atoms with Crippen LogP contribution in [0.4, 0.5) is 10.5 Å². The number of benzene rings is 2. The third kappa shape index (κ3) is 6.16. The molecule has 0 saturated heterocycles. The van der Waals surface area contributed by atoms with Crippen LogP contribution in [0.1, 0.15) is 12.0 Å². The number of aliphatic hydroxyl groups is 1. The lowest BCUT2D eigenvalue weighted by molar-refractivity contribution is -0.125. The van der Waals surface area contributed by atoms with Gasteiger partial charge in [0, 0.05) is 23.3 Å². The number of urea groups is 1. The van der Waals surface area contributed by atoms with E-state index >= 15 is 0 Å². The van der Waals surface area contributed by atoms with E-state index < -0.39 is 24.3 Å². The van der Waals surface area contributed by atoms with Crippen molar-refractivity contribution < 1.29 is 28.9 Å². The standard InChI is InChI=1S/C23H24ClN3O6/c24-15-3-1-14(2-4-15)11-25-22(29)10-17-6-7-18(21(12-28)33-17)27-23(30)26-16-5-8-19-20(9-16)32-13-31-19/h1-9,17-18,21,28H,10-13H2,(H,25,29)(H2,26,27,30)/t17-,18+,21+/m1/s1. The van der Waals surface area contributed by atoms with Gasteiger partial charge >= 0.3 is 6.03 Å². The first-order valence-corrected chi connectivity index (χ1v) is 10.8. The lowest BCUT2D eigenvalue weighted by atomic mass is 10.0. The molecular weight excluding hydrogens is 450 g/mol.